The van der Waals surface area contributed by atoms with Gasteiger partial charge in [0.1, 0.15) is 0 Å². The fourth-order valence-electron chi connectivity index (χ4n) is 2.44. The van der Waals surface area contributed by atoms with Crippen LogP contribution in [-0.4, -0.2) is 9.78 Å². The maximum Gasteiger partial charge on any atom is 0.0596 e. The Hall–Kier alpha value is -1.17. The van der Waals surface area contributed by atoms with E-state index in [1.807, 2.05) is 11.6 Å². The topological polar surface area (TPSA) is 55.9 Å². The average Bonchev–Trinajstić information content (AvgIpc) is 2.79. The van der Waals surface area contributed by atoms with Crippen molar-refractivity contribution in [2.45, 2.75) is 39.8 Å². The van der Waals surface area contributed by atoms with Crippen LogP contribution in [-0.2, 0) is 13.0 Å². The van der Waals surface area contributed by atoms with E-state index in [0.717, 1.165) is 23.1 Å². The van der Waals surface area contributed by atoms with Crippen LogP contribution in [0.25, 0.3) is 0 Å². The molecule has 5 heteroatoms. The molecule has 0 radical (unpaired) electrons. The highest BCUT2D eigenvalue weighted by Gasteiger charge is 2.17. The molecule has 1 heterocycles. The zero-order valence-electron chi connectivity index (χ0n) is 12.2. The molecule has 4 nitrogen and oxygen atoms in total. The predicted octanol–water partition coefficient (Wildman–Crippen LogP) is 3.03. The first kappa shape index (κ1) is 15.2. The van der Waals surface area contributed by atoms with Gasteiger partial charge in [0.05, 0.1) is 11.7 Å². The molecular formula is C15H21BrN4. The second-order valence-electron chi connectivity index (χ2n) is 4.99. The maximum absolute atomic E-state index is 5.77. The number of rotatable bonds is 5. The number of aryl methyl sites for hydroxylation is 3. The Morgan fingerprint density at radius 3 is 2.80 bits per heavy atom. The van der Waals surface area contributed by atoms with E-state index in [9.17, 15) is 0 Å². The number of hydrogen-bond donors (Lipinski definition) is 2. The molecular weight excluding hydrogens is 316 g/mol. The summed E-state index contributed by atoms with van der Waals surface area (Å²) in [6.45, 7) is 7.07. The SMILES string of the molecule is CCn1nc(C)cc1CC(NN)c1cccc(C)c1Br. The molecule has 3 N–H and O–H groups in total. The van der Waals surface area contributed by atoms with Crippen molar-refractivity contribution in [1.29, 1.82) is 0 Å². The van der Waals surface area contributed by atoms with Gasteiger partial charge in [0.25, 0.3) is 0 Å². The van der Waals surface area contributed by atoms with Gasteiger partial charge in [-0.25, -0.2) is 0 Å². The first-order valence-corrected chi connectivity index (χ1v) is 7.60. The summed E-state index contributed by atoms with van der Waals surface area (Å²) in [5.41, 5.74) is 7.55. The predicted molar refractivity (Wildman–Crippen MR) is 85.3 cm³/mol. The van der Waals surface area contributed by atoms with E-state index in [1.165, 1.54) is 16.8 Å². The van der Waals surface area contributed by atoms with Crippen LogP contribution in [0.2, 0.25) is 0 Å². The third kappa shape index (κ3) is 3.11. The summed E-state index contributed by atoms with van der Waals surface area (Å²) in [5.74, 6) is 5.77. The molecule has 0 aliphatic rings. The highest BCUT2D eigenvalue weighted by molar-refractivity contribution is 9.10. The number of nitrogens with zero attached hydrogens (tertiary/aromatic N) is 2. The van der Waals surface area contributed by atoms with Gasteiger partial charge in [-0.3, -0.25) is 16.0 Å². The lowest BCUT2D eigenvalue weighted by molar-refractivity contribution is 0.515. The summed E-state index contributed by atoms with van der Waals surface area (Å²) >= 11 is 3.66. The first-order chi connectivity index (χ1) is 9.56. The van der Waals surface area contributed by atoms with Crippen molar-refractivity contribution in [3.05, 3.63) is 51.3 Å². The van der Waals surface area contributed by atoms with Gasteiger partial charge in [-0.2, -0.15) is 5.10 Å². The third-order valence-electron chi connectivity index (χ3n) is 3.50. The summed E-state index contributed by atoms with van der Waals surface area (Å²) < 4.78 is 3.14. The van der Waals surface area contributed by atoms with Crippen LogP contribution in [0.15, 0.2) is 28.7 Å². The number of nitrogens with one attached hydrogen (secondary N) is 1. The van der Waals surface area contributed by atoms with Crippen molar-refractivity contribution in [3.8, 4) is 0 Å². The highest BCUT2D eigenvalue weighted by Crippen LogP contribution is 2.28. The number of hydrazine groups is 1. The maximum atomic E-state index is 5.77. The van der Waals surface area contributed by atoms with Crippen molar-refractivity contribution < 1.29 is 0 Å². The van der Waals surface area contributed by atoms with Gasteiger partial charge >= 0.3 is 0 Å². The molecule has 1 unspecified atom stereocenters. The highest BCUT2D eigenvalue weighted by atomic mass is 79.9. The molecule has 0 fully saturated rings. The lowest BCUT2D eigenvalue weighted by Gasteiger charge is -2.19. The van der Waals surface area contributed by atoms with E-state index in [4.69, 9.17) is 5.84 Å². The van der Waals surface area contributed by atoms with Gasteiger partial charge < -0.3 is 0 Å². The van der Waals surface area contributed by atoms with Crippen LogP contribution in [0.5, 0.6) is 0 Å². The van der Waals surface area contributed by atoms with Gasteiger partial charge in [0, 0.05) is 23.1 Å². The van der Waals surface area contributed by atoms with Crippen LogP contribution >= 0.6 is 15.9 Å². The zero-order chi connectivity index (χ0) is 14.7. The van der Waals surface area contributed by atoms with Crippen molar-refractivity contribution in [1.82, 2.24) is 15.2 Å². The molecule has 0 amide bonds. The monoisotopic (exact) mass is 336 g/mol. The van der Waals surface area contributed by atoms with E-state index in [-0.39, 0.29) is 6.04 Å². The molecule has 1 atom stereocenters. The second kappa shape index (κ2) is 6.52. The molecule has 0 aliphatic heterocycles. The molecule has 0 aliphatic carbocycles. The van der Waals surface area contributed by atoms with E-state index >= 15 is 0 Å². The lowest BCUT2D eigenvalue weighted by atomic mass is 10.0. The Bertz CT molecular complexity index is 592. The van der Waals surface area contributed by atoms with Crippen LogP contribution in [0, 0.1) is 13.8 Å². The van der Waals surface area contributed by atoms with Crippen LogP contribution in [0.3, 0.4) is 0 Å². The fourth-order valence-corrected chi connectivity index (χ4v) is 2.98. The van der Waals surface area contributed by atoms with E-state index in [1.54, 1.807) is 0 Å². The minimum absolute atomic E-state index is 0.0608. The first-order valence-electron chi connectivity index (χ1n) is 6.81. The molecule has 0 spiro atoms. The van der Waals surface area contributed by atoms with Gasteiger partial charge in [0.2, 0.25) is 0 Å². The van der Waals surface area contributed by atoms with E-state index < -0.39 is 0 Å². The quantitative estimate of drug-likeness (QED) is 0.651. The normalized spacial score (nSPS) is 12.7. The summed E-state index contributed by atoms with van der Waals surface area (Å²) in [6, 6.07) is 8.42. The molecule has 108 valence electrons. The standard InChI is InChI=1S/C15H21BrN4/c1-4-20-12(8-11(3)19-20)9-14(18-17)13-7-5-6-10(2)15(13)16/h5-8,14,18H,4,9,17H2,1-3H3. The summed E-state index contributed by atoms with van der Waals surface area (Å²) in [6.07, 6.45) is 0.813. The number of aromatic nitrogens is 2. The van der Waals surface area contributed by atoms with Gasteiger partial charge in [-0.05, 0) is 38.0 Å². The molecule has 0 saturated heterocycles. The molecule has 1 aromatic carbocycles. The number of halogens is 1. The fraction of sp³-hybridized carbons (Fsp3) is 0.400. The largest absolute Gasteiger partial charge is 0.271 e. The van der Waals surface area contributed by atoms with Crippen LogP contribution in [0.4, 0.5) is 0 Å². The molecule has 2 rings (SSSR count). The third-order valence-corrected chi connectivity index (χ3v) is 4.58. The van der Waals surface area contributed by atoms with Gasteiger partial charge in [0.15, 0.2) is 0 Å². The van der Waals surface area contributed by atoms with Crippen molar-refractivity contribution in [2.24, 2.45) is 5.84 Å². The Kier molecular flexibility index (Phi) is 4.96. The van der Waals surface area contributed by atoms with Gasteiger partial charge in [-0.15, -0.1) is 0 Å². The summed E-state index contributed by atoms with van der Waals surface area (Å²) in [7, 11) is 0. The van der Waals surface area contributed by atoms with Gasteiger partial charge in [-0.1, -0.05) is 34.1 Å². The minimum atomic E-state index is 0.0608. The zero-order valence-corrected chi connectivity index (χ0v) is 13.7. The minimum Gasteiger partial charge on any atom is -0.271 e. The van der Waals surface area contributed by atoms with E-state index in [0.29, 0.717) is 0 Å². The van der Waals surface area contributed by atoms with Crippen LogP contribution < -0.4 is 11.3 Å². The smallest absolute Gasteiger partial charge is 0.0596 e. The second-order valence-corrected chi connectivity index (χ2v) is 5.79. The van der Waals surface area contributed by atoms with Crippen molar-refractivity contribution in [3.63, 3.8) is 0 Å². The Labute approximate surface area is 128 Å². The Morgan fingerprint density at radius 2 is 2.15 bits per heavy atom. The number of hydrogen-bond acceptors (Lipinski definition) is 3. The number of benzene rings is 1. The summed E-state index contributed by atoms with van der Waals surface area (Å²) in [5, 5.41) is 4.49. The van der Waals surface area contributed by atoms with Crippen molar-refractivity contribution >= 4 is 15.9 Å². The molecule has 1 aromatic heterocycles. The molecule has 2 aromatic rings. The van der Waals surface area contributed by atoms with E-state index in [2.05, 4.69) is 64.6 Å². The number of nitrogens with two attached hydrogens (primary N) is 1. The van der Waals surface area contributed by atoms with Crippen molar-refractivity contribution in [2.75, 3.05) is 0 Å². The Morgan fingerprint density at radius 1 is 1.40 bits per heavy atom. The molecule has 0 saturated carbocycles. The lowest BCUT2D eigenvalue weighted by Crippen LogP contribution is -2.30. The molecule has 0 bridgehead atoms. The molecule has 20 heavy (non-hydrogen) atoms. The van der Waals surface area contributed by atoms with Crippen LogP contribution in [0.1, 0.15) is 35.5 Å². The Balaban J connectivity index is 2.31. The average molecular weight is 337 g/mol. The summed E-state index contributed by atoms with van der Waals surface area (Å²) in [4.78, 5) is 0.